The zero-order valence-corrected chi connectivity index (χ0v) is 9.83. The number of aliphatic hydroxyl groups is 1. The highest BCUT2D eigenvalue weighted by atomic mass is 32.1. The van der Waals surface area contributed by atoms with Crippen LogP contribution in [0.4, 0.5) is 0 Å². The summed E-state index contributed by atoms with van der Waals surface area (Å²) < 4.78 is 0. The molecule has 0 aromatic heterocycles. The number of rotatable bonds is 2. The van der Waals surface area contributed by atoms with E-state index in [2.05, 4.69) is 12.6 Å². The summed E-state index contributed by atoms with van der Waals surface area (Å²) >= 11 is 4.24. The summed E-state index contributed by atoms with van der Waals surface area (Å²) in [6, 6.07) is 0.0798. The van der Waals surface area contributed by atoms with Crippen LogP contribution >= 0.6 is 12.6 Å². The van der Waals surface area contributed by atoms with E-state index < -0.39 is 0 Å². The topological polar surface area (TPSA) is 40.5 Å². The fourth-order valence-corrected chi connectivity index (χ4v) is 2.95. The molecule has 0 aromatic carbocycles. The van der Waals surface area contributed by atoms with Gasteiger partial charge in [-0.3, -0.25) is 4.79 Å². The van der Waals surface area contributed by atoms with E-state index in [-0.39, 0.29) is 18.1 Å². The van der Waals surface area contributed by atoms with E-state index in [1.165, 1.54) is 0 Å². The van der Waals surface area contributed by atoms with Gasteiger partial charge in [-0.15, -0.1) is 0 Å². The van der Waals surface area contributed by atoms with Crippen LogP contribution in [0.25, 0.3) is 0 Å². The SMILES string of the molecule is O=C1CC(CS)CN1C1CCCCC1O. The number of nitrogens with zero attached hydrogens (tertiary/aromatic N) is 1. The van der Waals surface area contributed by atoms with E-state index in [4.69, 9.17) is 0 Å². The van der Waals surface area contributed by atoms with Gasteiger partial charge in [-0.1, -0.05) is 12.8 Å². The molecule has 0 spiro atoms. The predicted molar refractivity (Wildman–Crippen MR) is 61.9 cm³/mol. The van der Waals surface area contributed by atoms with Crippen LogP contribution in [0, 0.1) is 5.92 Å². The summed E-state index contributed by atoms with van der Waals surface area (Å²) in [7, 11) is 0. The summed E-state index contributed by atoms with van der Waals surface area (Å²) in [5.74, 6) is 1.36. The van der Waals surface area contributed by atoms with Gasteiger partial charge in [0.1, 0.15) is 0 Å². The number of amides is 1. The lowest BCUT2D eigenvalue weighted by molar-refractivity contribution is -0.133. The standard InChI is InChI=1S/C11H19NO2S/c13-10-4-2-1-3-9(10)12-6-8(7-15)5-11(12)14/h8-10,13,15H,1-7H2. The number of carbonyl (C=O) groups excluding carboxylic acids is 1. The van der Waals surface area contributed by atoms with Crippen LogP contribution in [-0.2, 0) is 4.79 Å². The number of carbonyl (C=O) groups is 1. The predicted octanol–water partition coefficient (Wildman–Crippen LogP) is 1.07. The number of thiol groups is 1. The number of aliphatic hydroxyl groups excluding tert-OH is 1. The Morgan fingerprint density at radius 1 is 1.40 bits per heavy atom. The van der Waals surface area contributed by atoms with E-state index in [1.807, 2.05) is 4.90 Å². The number of likely N-dealkylation sites (tertiary alicyclic amines) is 1. The fraction of sp³-hybridized carbons (Fsp3) is 0.909. The van der Waals surface area contributed by atoms with E-state index in [9.17, 15) is 9.90 Å². The van der Waals surface area contributed by atoms with E-state index in [0.717, 1.165) is 38.0 Å². The van der Waals surface area contributed by atoms with Crippen molar-refractivity contribution in [2.24, 2.45) is 5.92 Å². The van der Waals surface area contributed by atoms with Crippen molar-refractivity contribution in [1.82, 2.24) is 4.90 Å². The molecular formula is C11H19NO2S. The molecule has 3 unspecified atom stereocenters. The van der Waals surface area contributed by atoms with Gasteiger partial charge in [-0.2, -0.15) is 12.6 Å². The van der Waals surface area contributed by atoms with Crippen LogP contribution in [0.2, 0.25) is 0 Å². The van der Waals surface area contributed by atoms with Crippen molar-refractivity contribution in [3.63, 3.8) is 0 Å². The third-order valence-corrected chi connectivity index (χ3v) is 4.11. The second-order valence-electron chi connectivity index (χ2n) is 4.72. The van der Waals surface area contributed by atoms with Crippen LogP contribution in [0.15, 0.2) is 0 Å². The summed E-state index contributed by atoms with van der Waals surface area (Å²) in [4.78, 5) is 13.7. The molecule has 1 saturated carbocycles. The average Bonchev–Trinajstić information content (AvgIpc) is 2.60. The Bertz CT molecular complexity index is 247. The Labute approximate surface area is 96.2 Å². The highest BCUT2D eigenvalue weighted by Gasteiger charge is 2.37. The third-order valence-electron chi connectivity index (χ3n) is 3.59. The minimum atomic E-state index is -0.304. The van der Waals surface area contributed by atoms with Gasteiger partial charge in [-0.25, -0.2) is 0 Å². The van der Waals surface area contributed by atoms with Crippen LogP contribution < -0.4 is 0 Å². The molecule has 1 amide bonds. The van der Waals surface area contributed by atoms with Gasteiger partial charge in [0, 0.05) is 13.0 Å². The van der Waals surface area contributed by atoms with Crippen molar-refractivity contribution in [2.75, 3.05) is 12.3 Å². The Hall–Kier alpha value is -0.220. The lowest BCUT2D eigenvalue weighted by Gasteiger charge is -2.35. The van der Waals surface area contributed by atoms with Crippen molar-refractivity contribution in [3.05, 3.63) is 0 Å². The molecule has 86 valence electrons. The molecular weight excluding hydrogens is 210 g/mol. The molecule has 4 heteroatoms. The van der Waals surface area contributed by atoms with Gasteiger partial charge in [0.15, 0.2) is 0 Å². The van der Waals surface area contributed by atoms with Crippen LogP contribution in [0.5, 0.6) is 0 Å². The van der Waals surface area contributed by atoms with Gasteiger partial charge in [0.05, 0.1) is 12.1 Å². The summed E-state index contributed by atoms with van der Waals surface area (Å²) in [5, 5.41) is 9.89. The van der Waals surface area contributed by atoms with Crippen LogP contribution in [-0.4, -0.2) is 40.4 Å². The molecule has 2 rings (SSSR count). The smallest absolute Gasteiger partial charge is 0.223 e. The van der Waals surface area contributed by atoms with Crippen LogP contribution in [0.1, 0.15) is 32.1 Å². The first kappa shape index (κ1) is 11.3. The maximum atomic E-state index is 11.8. The zero-order valence-electron chi connectivity index (χ0n) is 8.93. The number of hydrogen-bond acceptors (Lipinski definition) is 3. The summed E-state index contributed by atoms with van der Waals surface area (Å²) in [6.45, 7) is 0.796. The average molecular weight is 229 g/mol. The molecule has 1 N–H and O–H groups in total. The molecule has 1 heterocycles. The molecule has 0 radical (unpaired) electrons. The van der Waals surface area contributed by atoms with Gasteiger partial charge < -0.3 is 10.0 Å². The fourth-order valence-electron chi connectivity index (χ4n) is 2.71. The van der Waals surface area contributed by atoms with Gasteiger partial charge in [0.2, 0.25) is 5.91 Å². The molecule has 1 saturated heterocycles. The molecule has 2 fully saturated rings. The molecule has 2 aliphatic rings. The zero-order chi connectivity index (χ0) is 10.8. The maximum absolute atomic E-state index is 11.8. The molecule has 3 atom stereocenters. The van der Waals surface area contributed by atoms with E-state index in [1.54, 1.807) is 0 Å². The second kappa shape index (κ2) is 4.74. The summed E-state index contributed by atoms with van der Waals surface area (Å²) in [6.07, 6.45) is 4.35. The van der Waals surface area contributed by atoms with E-state index in [0.29, 0.717) is 12.3 Å². The highest BCUT2D eigenvalue weighted by molar-refractivity contribution is 7.80. The lowest BCUT2D eigenvalue weighted by Crippen LogP contribution is -2.46. The van der Waals surface area contributed by atoms with Gasteiger partial charge >= 0.3 is 0 Å². The first-order valence-corrected chi connectivity index (χ1v) is 6.44. The molecule has 15 heavy (non-hydrogen) atoms. The second-order valence-corrected chi connectivity index (χ2v) is 5.08. The Morgan fingerprint density at radius 2 is 2.13 bits per heavy atom. The molecule has 3 nitrogen and oxygen atoms in total. The van der Waals surface area contributed by atoms with Crippen molar-refractivity contribution < 1.29 is 9.90 Å². The molecule has 0 bridgehead atoms. The first-order chi connectivity index (χ1) is 7.22. The molecule has 1 aliphatic carbocycles. The first-order valence-electron chi connectivity index (χ1n) is 5.80. The third kappa shape index (κ3) is 2.31. The van der Waals surface area contributed by atoms with Crippen LogP contribution in [0.3, 0.4) is 0 Å². The monoisotopic (exact) mass is 229 g/mol. The Kier molecular flexibility index (Phi) is 3.57. The largest absolute Gasteiger partial charge is 0.391 e. The summed E-state index contributed by atoms with van der Waals surface area (Å²) in [5.41, 5.74) is 0. The van der Waals surface area contributed by atoms with Crippen molar-refractivity contribution in [2.45, 2.75) is 44.2 Å². The van der Waals surface area contributed by atoms with Crippen molar-refractivity contribution >= 4 is 18.5 Å². The lowest BCUT2D eigenvalue weighted by atomic mass is 9.91. The maximum Gasteiger partial charge on any atom is 0.223 e. The van der Waals surface area contributed by atoms with Gasteiger partial charge in [-0.05, 0) is 24.5 Å². The molecule has 1 aliphatic heterocycles. The van der Waals surface area contributed by atoms with E-state index >= 15 is 0 Å². The minimum Gasteiger partial charge on any atom is -0.391 e. The Balaban J connectivity index is 2.00. The molecule has 0 aromatic rings. The van der Waals surface area contributed by atoms with Crippen molar-refractivity contribution in [1.29, 1.82) is 0 Å². The number of hydrogen-bond donors (Lipinski definition) is 2. The quantitative estimate of drug-likeness (QED) is 0.695. The highest BCUT2D eigenvalue weighted by Crippen LogP contribution is 2.29. The Morgan fingerprint density at radius 3 is 2.73 bits per heavy atom. The van der Waals surface area contributed by atoms with Crippen molar-refractivity contribution in [3.8, 4) is 0 Å². The van der Waals surface area contributed by atoms with Gasteiger partial charge in [0.25, 0.3) is 0 Å². The normalized spacial score (nSPS) is 37.3. The minimum absolute atomic E-state index is 0.0798.